The number of ether oxygens (including phenoxy) is 1. The molecule has 4 rings (SSSR count). The molecule has 0 aliphatic heterocycles. The summed E-state index contributed by atoms with van der Waals surface area (Å²) < 4.78 is 5.20. The van der Waals surface area contributed by atoms with Crippen molar-refractivity contribution in [3.05, 3.63) is 102 Å². The molecule has 7 heteroatoms. The lowest BCUT2D eigenvalue weighted by molar-refractivity contribution is -0.111. The highest BCUT2D eigenvalue weighted by Crippen LogP contribution is 2.22. The first kappa shape index (κ1) is 23.5. The number of aromatic nitrogens is 2. The topological polar surface area (TPSA) is 88.2 Å². The number of hydrogen-bond donors (Lipinski definition) is 3. The van der Waals surface area contributed by atoms with Crippen LogP contribution in [0.1, 0.15) is 16.8 Å². The quantitative estimate of drug-likeness (QED) is 0.267. The second-order valence-electron chi connectivity index (χ2n) is 7.95. The minimum absolute atomic E-state index is 0.190. The number of nitrogens with zero attached hydrogens (tertiary/aromatic N) is 2. The van der Waals surface area contributed by atoms with Gasteiger partial charge in [0.2, 0.25) is 11.9 Å². The smallest absolute Gasteiger partial charge is 0.248 e. The molecule has 0 aliphatic carbocycles. The Hall–Kier alpha value is -4.65. The van der Waals surface area contributed by atoms with Gasteiger partial charge in [-0.3, -0.25) is 4.79 Å². The minimum atomic E-state index is -0.190. The molecule has 0 radical (unpaired) electrons. The van der Waals surface area contributed by atoms with Gasteiger partial charge in [-0.25, -0.2) is 4.98 Å². The summed E-state index contributed by atoms with van der Waals surface area (Å²) in [4.78, 5) is 21.3. The second-order valence-corrected chi connectivity index (χ2v) is 7.95. The van der Waals surface area contributed by atoms with Crippen molar-refractivity contribution >= 4 is 40.8 Å². The molecule has 0 aliphatic rings. The van der Waals surface area contributed by atoms with E-state index in [9.17, 15) is 4.79 Å². The van der Waals surface area contributed by atoms with Crippen molar-refractivity contribution in [2.45, 2.75) is 13.8 Å². The maximum atomic E-state index is 12.3. The van der Waals surface area contributed by atoms with E-state index in [1.54, 1.807) is 7.11 Å². The van der Waals surface area contributed by atoms with Crippen LogP contribution in [0, 0.1) is 13.8 Å². The summed E-state index contributed by atoms with van der Waals surface area (Å²) in [7, 11) is 1.64. The zero-order valence-electron chi connectivity index (χ0n) is 19.9. The molecule has 0 bridgehead atoms. The molecule has 0 unspecified atom stereocenters. The van der Waals surface area contributed by atoms with Crippen LogP contribution in [0.25, 0.3) is 6.08 Å². The Morgan fingerprint density at radius 1 is 0.829 bits per heavy atom. The van der Waals surface area contributed by atoms with Crippen molar-refractivity contribution in [2.75, 3.05) is 23.1 Å². The van der Waals surface area contributed by atoms with Crippen molar-refractivity contribution in [3.8, 4) is 5.75 Å². The Kier molecular flexibility index (Phi) is 7.37. The summed E-state index contributed by atoms with van der Waals surface area (Å²) in [5, 5.41) is 9.37. The summed E-state index contributed by atoms with van der Waals surface area (Å²) in [6.07, 6.45) is 3.35. The molecule has 0 spiro atoms. The molecule has 3 aromatic carbocycles. The van der Waals surface area contributed by atoms with Crippen molar-refractivity contribution in [1.82, 2.24) is 9.97 Å². The van der Waals surface area contributed by atoms with Crippen molar-refractivity contribution in [2.24, 2.45) is 0 Å². The van der Waals surface area contributed by atoms with E-state index in [1.807, 2.05) is 98.8 Å². The number of methoxy groups -OCH3 is 1. The van der Waals surface area contributed by atoms with Gasteiger partial charge in [-0.1, -0.05) is 24.3 Å². The second kappa shape index (κ2) is 11.0. The van der Waals surface area contributed by atoms with Crippen LogP contribution in [0.3, 0.4) is 0 Å². The summed E-state index contributed by atoms with van der Waals surface area (Å²) in [6.45, 7) is 3.93. The summed E-state index contributed by atoms with van der Waals surface area (Å²) in [5.74, 6) is 1.75. The number of aryl methyl sites for hydroxylation is 2. The van der Waals surface area contributed by atoms with E-state index in [4.69, 9.17) is 4.74 Å². The van der Waals surface area contributed by atoms with E-state index in [0.29, 0.717) is 17.5 Å². The fourth-order valence-corrected chi connectivity index (χ4v) is 3.40. The highest BCUT2D eigenvalue weighted by molar-refractivity contribution is 6.02. The third-order valence-electron chi connectivity index (χ3n) is 5.23. The van der Waals surface area contributed by atoms with Gasteiger partial charge in [-0.2, -0.15) is 4.98 Å². The molecule has 1 aromatic heterocycles. The van der Waals surface area contributed by atoms with Gasteiger partial charge >= 0.3 is 0 Å². The highest BCUT2D eigenvalue weighted by Gasteiger charge is 2.05. The standard InChI is InChI=1S/C28H27N5O2/c1-19-6-4-5-7-21(19)8-17-27(34)31-23-9-11-24(12-10-23)32-28-29-20(2)18-26(33-28)30-22-13-15-25(35-3)16-14-22/h4-18H,1-3H3,(H,31,34)(H2,29,30,32,33)/b17-8+. The minimum Gasteiger partial charge on any atom is -0.497 e. The van der Waals surface area contributed by atoms with Gasteiger partial charge in [0.05, 0.1) is 7.11 Å². The fourth-order valence-electron chi connectivity index (χ4n) is 3.40. The molecule has 4 aromatic rings. The van der Waals surface area contributed by atoms with Crippen LogP contribution in [0.2, 0.25) is 0 Å². The number of anilines is 5. The molecular weight excluding hydrogens is 438 g/mol. The van der Waals surface area contributed by atoms with Crippen LogP contribution in [0.5, 0.6) is 5.75 Å². The first-order chi connectivity index (χ1) is 17.0. The predicted molar refractivity (Wildman–Crippen MR) is 142 cm³/mol. The van der Waals surface area contributed by atoms with Gasteiger partial charge in [0, 0.05) is 34.9 Å². The van der Waals surface area contributed by atoms with E-state index in [2.05, 4.69) is 25.9 Å². The third-order valence-corrected chi connectivity index (χ3v) is 5.23. The van der Waals surface area contributed by atoms with Crippen LogP contribution >= 0.6 is 0 Å². The van der Waals surface area contributed by atoms with Crippen LogP contribution in [0.15, 0.2) is 84.9 Å². The van der Waals surface area contributed by atoms with Gasteiger partial charge < -0.3 is 20.7 Å². The van der Waals surface area contributed by atoms with Crippen LogP contribution < -0.4 is 20.7 Å². The molecule has 35 heavy (non-hydrogen) atoms. The molecule has 3 N–H and O–H groups in total. The lowest BCUT2D eigenvalue weighted by Gasteiger charge is -2.11. The number of carbonyl (C=O) groups excluding carboxylic acids is 1. The molecule has 0 fully saturated rings. The monoisotopic (exact) mass is 465 g/mol. The Bertz CT molecular complexity index is 1330. The predicted octanol–water partition coefficient (Wildman–Crippen LogP) is 6.24. The number of benzene rings is 3. The molecule has 176 valence electrons. The van der Waals surface area contributed by atoms with Gasteiger partial charge in [-0.05, 0) is 79.6 Å². The summed E-state index contributed by atoms with van der Waals surface area (Å²) >= 11 is 0. The van der Waals surface area contributed by atoms with E-state index in [1.165, 1.54) is 6.08 Å². The highest BCUT2D eigenvalue weighted by atomic mass is 16.5. The average molecular weight is 466 g/mol. The van der Waals surface area contributed by atoms with E-state index in [-0.39, 0.29) is 5.91 Å². The zero-order chi connectivity index (χ0) is 24.6. The Morgan fingerprint density at radius 2 is 1.49 bits per heavy atom. The van der Waals surface area contributed by atoms with Crippen LogP contribution in [-0.2, 0) is 4.79 Å². The van der Waals surface area contributed by atoms with Crippen LogP contribution in [-0.4, -0.2) is 23.0 Å². The SMILES string of the molecule is COc1ccc(Nc2cc(C)nc(Nc3ccc(NC(=O)/C=C/c4ccccc4C)cc3)n2)cc1. The molecule has 1 amide bonds. The van der Waals surface area contributed by atoms with Crippen molar-refractivity contribution < 1.29 is 9.53 Å². The molecule has 0 saturated heterocycles. The Balaban J connectivity index is 1.38. The molecule has 0 atom stereocenters. The Labute approximate surface area is 204 Å². The zero-order valence-corrected chi connectivity index (χ0v) is 19.9. The van der Waals surface area contributed by atoms with Crippen molar-refractivity contribution in [1.29, 1.82) is 0 Å². The van der Waals surface area contributed by atoms with Gasteiger partial charge in [0.15, 0.2) is 0 Å². The number of rotatable bonds is 8. The van der Waals surface area contributed by atoms with E-state index in [0.717, 1.165) is 33.9 Å². The van der Waals surface area contributed by atoms with Crippen LogP contribution in [0.4, 0.5) is 28.8 Å². The number of amides is 1. The van der Waals surface area contributed by atoms with Gasteiger partial charge in [0.25, 0.3) is 0 Å². The number of nitrogens with one attached hydrogen (secondary N) is 3. The lowest BCUT2D eigenvalue weighted by atomic mass is 10.1. The largest absolute Gasteiger partial charge is 0.497 e. The van der Waals surface area contributed by atoms with Crippen molar-refractivity contribution in [3.63, 3.8) is 0 Å². The summed E-state index contributed by atoms with van der Waals surface area (Å²) in [6, 6.07) is 24.8. The first-order valence-corrected chi connectivity index (χ1v) is 11.2. The Morgan fingerprint density at radius 3 is 2.20 bits per heavy atom. The lowest BCUT2D eigenvalue weighted by Crippen LogP contribution is -2.07. The molecular formula is C28H27N5O2. The first-order valence-electron chi connectivity index (χ1n) is 11.2. The average Bonchev–Trinajstić information content (AvgIpc) is 2.85. The number of carbonyl (C=O) groups is 1. The number of hydrogen-bond acceptors (Lipinski definition) is 6. The normalized spacial score (nSPS) is 10.7. The van der Waals surface area contributed by atoms with E-state index >= 15 is 0 Å². The maximum absolute atomic E-state index is 12.3. The molecule has 0 saturated carbocycles. The molecule has 7 nitrogen and oxygen atoms in total. The fraction of sp³-hybridized carbons (Fsp3) is 0.107. The third kappa shape index (κ3) is 6.68. The maximum Gasteiger partial charge on any atom is 0.248 e. The molecule has 1 heterocycles. The summed E-state index contributed by atoms with van der Waals surface area (Å²) in [5.41, 5.74) is 5.35. The van der Waals surface area contributed by atoms with Gasteiger partial charge in [-0.15, -0.1) is 0 Å². The van der Waals surface area contributed by atoms with Gasteiger partial charge in [0.1, 0.15) is 11.6 Å². The van der Waals surface area contributed by atoms with E-state index < -0.39 is 0 Å².